The number of ether oxygens (including phenoxy) is 1. The molecule has 0 amide bonds. The second-order valence-electron chi connectivity index (χ2n) is 9.41. The largest absolute Gasteiger partial charge is 0.381 e. The van der Waals surface area contributed by atoms with Gasteiger partial charge in [0.25, 0.3) is 0 Å². The molecule has 3 nitrogen and oxygen atoms in total. The molecule has 0 saturated carbocycles. The normalized spacial score (nSPS) is 14.2. The lowest BCUT2D eigenvalue weighted by Gasteiger charge is -2.43. The Morgan fingerprint density at radius 1 is 0.636 bits per heavy atom. The van der Waals surface area contributed by atoms with Crippen LogP contribution in [0.4, 0.5) is 0 Å². The Balaban J connectivity index is 3.89. The minimum atomic E-state index is -1.20. The van der Waals surface area contributed by atoms with E-state index in [1.807, 2.05) is 0 Å². The lowest BCUT2D eigenvalue weighted by molar-refractivity contribution is 0.124. The highest BCUT2D eigenvalue weighted by Crippen LogP contribution is 2.19. The zero-order valence-corrected chi connectivity index (χ0v) is 20.0. The van der Waals surface area contributed by atoms with Gasteiger partial charge in [0.15, 0.2) is 0 Å². The highest BCUT2D eigenvalue weighted by atomic mass is 28.4. The van der Waals surface area contributed by atoms with Crippen LogP contribution in [0.5, 0.6) is 0 Å². The van der Waals surface area contributed by atoms with Crippen molar-refractivity contribution >= 4 is 24.7 Å². The third kappa shape index (κ3) is 9.62. The average Bonchev–Trinajstić information content (AvgIpc) is 2.27. The summed E-state index contributed by atoms with van der Waals surface area (Å²) in [5, 5.41) is 0. The van der Waals surface area contributed by atoms with Gasteiger partial charge in [0.05, 0.1) is 0 Å². The maximum absolute atomic E-state index is 5.87. The molecule has 0 N–H and O–H groups in total. The summed E-state index contributed by atoms with van der Waals surface area (Å²) in [6, 6.07) is 0. The van der Waals surface area contributed by atoms with Crippen LogP contribution < -0.4 is 0 Å². The summed E-state index contributed by atoms with van der Waals surface area (Å²) in [5.74, 6) is 0. The minimum absolute atomic E-state index is 0.911. The van der Waals surface area contributed by atoms with Crippen LogP contribution in [-0.2, 0) is 4.74 Å². The first-order valence-electron chi connectivity index (χ1n) is 8.83. The molecule has 0 aliphatic rings. The molecule has 0 heterocycles. The molecule has 0 spiro atoms. The van der Waals surface area contributed by atoms with E-state index in [-0.39, 0.29) is 0 Å². The van der Waals surface area contributed by atoms with Gasteiger partial charge in [0.1, 0.15) is 24.7 Å². The molecule has 0 bridgehead atoms. The number of rotatable bonds is 11. The lowest BCUT2D eigenvalue weighted by Crippen LogP contribution is -2.59. The molecule has 0 aliphatic carbocycles. The molecule has 0 atom stereocenters. The van der Waals surface area contributed by atoms with Gasteiger partial charge in [0.2, 0.25) is 0 Å². The Kier molecular flexibility index (Phi) is 9.35. The first kappa shape index (κ1) is 22.5. The molecule has 22 heavy (non-hydrogen) atoms. The minimum Gasteiger partial charge on any atom is -0.381 e. The Bertz CT molecular complexity index is 292. The third-order valence-corrected chi connectivity index (χ3v) is 14.4. The quantitative estimate of drug-likeness (QED) is 0.397. The van der Waals surface area contributed by atoms with Crippen molar-refractivity contribution in [1.29, 1.82) is 0 Å². The maximum Gasteiger partial charge on any atom is 0.118 e. The highest BCUT2D eigenvalue weighted by molar-refractivity contribution is 6.89. The van der Waals surface area contributed by atoms with Crippen LogP contribution in [0.25, 0.3) is 0 Å². The number of nitrogens with zero attached hydrogens (tertiary/aromatic N) is 2. The topological polar surface area (TPSA) is 15.7 Å². The van der Waals surface area contributed by atoms with E-state index in [0.29, 0.717) is 0 Å². The van der Waals surface area contributed by atoms with Gasteiger partial charge in [0, 0.05) is 13.2 Å². The molecule has 0 aromatic heterocycles. The fraction of sp³-hybridized carbons (Fsp3) is 1.00. The highest BCUT2D eigenvalue weighted by Gasteiger charge is 2.33. The molecule has 0 unspecified atom stereocenters. The van der Waals surface area contributed by atoms with Crippen molar-refractivity contribution in [2.75, 3.05) is 33.4 Å². The Morgan fingerprint density at radius 3 is 1.41 bits per heavy atom. The first-order chi connectivity index (χ1) is 9.76. The van der Waals surface area contributed by atoms with Gasteiger partial charge in [-0.05, 0) is 33.0 Å². The fourth-order valence-corrected chi connectivity index (χ4v) is 13.4. The van der Waals surface area contributed by atoms with Crippen LogP contribution in [-0.4, -0.2) is 66.9 Å². The van der Waals surface area contributed by atoms with Crippen molar-refractivity contribution < 1.29 is 4.74 Å². The summed E-state index contributed by atoms with van der Waals surface area (Å²) < 4.78 is 11.3. The Hall–Kier alpha value is 0.531. The van der Waals surface area contributed by atoms with Gasteiger partial charge in [-0.3, -0.25) is 0 Å². The SMILES string of the molecule is CN(CCCOCCCN([Si](C)(C)C)[Si](C)(C)C)[Si](C)(C)C. The molecule has 6 heteroatoms. The molecule has 134 valence electrons. The van der Waals surface area contributed by atoms with Gasteiger partial charge >= 0.3 is 0 Å². The van der Waals surface area contributed by atoms with E-state index in [1.165, 1.54) is 19.5 Å². The van der Waals surface area contributed by atoms with Crippen LogP contribution in [0.1, 0.15) is 12.8 Å². The van der Waals surface area contributed by atoms with Crippen molar-refractivity contribution in [2.45, 2.75) is 71.8 Å². The van der Waals surface area contributed by atoms with Crippen molar-refractivity contribution in [3.05, 3.63) is 0 Å². The summed E-state index contributed by atoms with van der Waals surface area (Å²) in [6.45, 7) is 26.2. The first-order valence-corrected chi connectivity index (χ1v) is 19.2. The van der Waals surface area contributed by atoms with Gasteiger partial charge in [-0.1, -0.05) is 58.9 Å². The molecule has 0 rings (SSSR count). The van der Waals surface area contributed by atoms with E-state index in [1.54, 1.807) is 0 Å². The van der Waals surface area contributed by atoms with Crippen LogP contribution in [0.3, 0.4) is 0 Å². The van der Waals surface area contributed by atoms with Crippen LogP contribution in [0.2, 0.25) is 58.9 Å². The summed E-state index contributed by atoms with van der Waals surface area (Å²) in [6.07, 6.45) is 2.34. The molecule has 0 aromatic rings. The van der Waals surface area contributed by atoms with E-state index in [2.05, 4.69) is 74.8 Å². The molecular formula is C16H42N2OSi3. The second kappa shape index (κ2) is 9.13. The molecular weight excluding hydrogens is 320 g/mol. The van der Waals surface area contributed by atoms with Crippen LogP contribution in [0, 0.1) is 0 Å². The Morgan fingerprint density at radius 2 is 1.05 bits per heavy atom. The fourth-order valence-electron chi connectivity index (χ4n) is 2.84. The molecule has 0 radical (unpaired) electrons. The monoisotopic (exact) mass is 362 g/mol. The van der Waals surface area contributed by atoms with Crippen LogP contribution >= 0.6 is 0 Å². The van der Waals surface area contributed by atoms with E-state index in [9.17, 15) is 0 Å². The standard InChI is InChI=1S/C16H42N2OSi3/c1-17(20(2,3)4)13-11-15-19-16-12-14-18(21(5,6)7)22(8,9)10/h11-16H2,1-10H3. The van der Waals surface area contributed by atoms with E-state index in [0.717, 1.165) is 19.6 Å². The van der Waals surface area contributed by atoms with Crippen molar-refractivity contribution in [1.82, 2.24) is 8.80 Å². The smallest absolute Gasteiger partial charge is 0.118 e. The zero-order valence-electron chi connectivity index (χ0n) is 17.0. The molecule has 0 saturated heterocycles. The van der Waals surface area contributed by atoms with Crippen LogP contribution in [0.15, 0.2) is 0 Å². The maximum atomic E-state index is 5.87. The van der Waals surface area contributed by atoms with Gasteiger partial charge in [-0.25, -0.2) is 0 Å². The summed E-state index contributed by atoms with van der Waals surface area (Å²) in [7, 11) is -1.25. The van der Waals surface area contributed by atoms with E-state index in [4.69, 9.17) is 4.74 Å². The summed E-state index contributed by atoms with van der Waals surface area (Å²) in [5.41, 5.74) is 0. The molecule has 0 aromatic carbocycles. The van der Waals surface area contributed by atoms with Crippen molar-refractivity contribution in [2.24, 2.45) is 0 Å². The van der Waals surface area contributed by atoms with E-state index < -0.39 is 24.7 Å². The Labute approximate surface area is 143 Å². The molecule has 0 fully saturated rings. The number of hydrogen-bond acceptors (Lipinski definition) is 3. The van der Waals surface area contributed by atoms with Gasteiger partial charge in [-0.15, -0.1) is 0 Å². The summed E-state index contributed by atoms with van der Waals surface area (Å²) >= 11 is 0. The molecule has 0 aliphatic heterocycles. The lowest BCUT2D eigenvalue weighted by atomic mass is 10.4. The van der Waals surface area contributed by atoms with Crippen molar-refractivity contribution in [3.63, 3.8) is 0 Å². The average molecular weight is 363 g/mol. The predicted octanol–water partition coefficient (Wildman–Crippen LogP) is 4.52. The van der Waals surface area contributed by atoms with Gasteiger partial charge < -0.3 is 13.5 Å². The number of hydrogen-bond donors (Lipinski definition) is 0. The third-order valence-electron chi connectivity index (χ3n) is 4.22. The second-order valence-corrected chi connectivity index (χ2v) is 24.7. The summed E-state index contributed by atoms with van der Waals surface area (Å²) in [4.78, 5) is 0. The van der Waals surface area contributed by atoms with E-state index >= 15 is 0 Å². The van der Waals surface area contributed by atoms with Crippen molar-refractivity contribution in [3.8, 4) is 0 Å². The van der Waals surface area contributed by atoms with Gasteiger partial charge in [-0.2, -0.15) is 0 Å². The zero-order chi connectivity index (χ0) is 17.6. The predicted molar refractivity (Wildman–Crippen MR) is 109 cm³/mol.